The Kier molecular flexibility index (Phi) is 5.57. The predicted octanol–water partition coefficient (Wildman–Crippen LogP) is 2.82. The molecule has 5 heterocycles. The highest BCUT2D eigenvalue weighted by molar-refractivity contribution is 7.99. The van der Waals surface area contributed by atoms with E-state index < -0.39 is 0 Å². The van der Waals surface area contributed by atoms with Crippen LogP contribution in [-0.2, 0) is 30.5 Å². The zero-order valence-electron chi connectivity index (χ0n) is 20.5. The van der Waals surface area contributed by atoms with Gasteiger partial charge in [0.15, 0.2) is 10.9 Å². The molecular weight excluding hydrogens is 506 g/mol. The molecule has 0 saturated heterocycles. The summed E-state index contributed by atoms with van der Waals surface area (Å²) in [5.41, 5.74) is 3.45. The quantitative estimate of drug-likeness (QED) is 0.375. The summed E-state index contributed by atoms with van der Waals surface area (Å²) < 4.78 is 8.63. The van der Waals surface area contributed by atoms with E-state index in [-0.39, 0.29) is 35.4 Å². The van der Waals surface area contributed by atoms with Crippen LogP contribution in [-0.4, -0.2) is 41.0 Å². The van der Waals surface area contributed by atoms with Gasteiger partial charge >= 0.3 is 0 Å². The van der Waals surface area contributed by atoms with Crippen molar-refractivity contribution in [2.45, 2.75) is 62.6 Å². The minimum absolute atomic E-state index is 0.0220. The fourth-order valence-electron chi connectivity index (χ4n) is 5.58. The Morgan fingerprint density at radius 1 is 1.11 bits per heavy atom. The summed E-state index contributed by atoms with van der Waals surface area (Å²) in [5, 5.41) is 8.22. The third kappa shape index (κ3) is 3.90. The minimum atomic E-state index is -0.288. The highest BCUT2D eigenvalue weighted by atomic mass is 32.2. The molecule has 4 aromatic rings. The van der Waals surface area contributed by atoms with Gasteiger partial charge < -0.3 is 9.73 Å². The van der Waals surface area contributed by atoms with Crippen LogP contribution < -0.4 is 16.4 Å². The average molecular weight is 532 g/mol. The van der Waals surface area contributed by atoms with E-state index in [9.17, 15) is 14.4 Å². The molecule has 0 saturated carbocycles. The van der Waals surface area contributed by atoms with Gasteiger partial charge in [-0.1, -0.05) is 11.8 Å². The van der Waals surface area contributed by atoms with Crippen molar-refractivity contribution in [2.24, 2.45) is 0 Å². The molecule has 0 radical (unpaired) electrons. The number of hydrogen-bond donors (Lipinski definition) is 2. The van der Waals surface area contributed by atoms with Gasteiger partial charge in [0.1, 0.15) is 11.5 Å². The molecule has 0 bridgehead atoms. The van der Waals surface area contributed by atoms with Crippen LogP contribution in [0.3, 0.4) is 0 Å². The lowest BCUT2D eigenvalue weighted by Gasteiger charge is -2.16. The first kappa shape index (κ1) is 23.2. The molecule has 1 unspecified atom stereocenters. The summed E-state index contributed by atoms with van der Waals surface area (Å²) >= 11 is 1.51. The second kappa shape index (κ2) is 9.12. The molecular formula is C26H25N7O4S. The Labute approximate surface area is 220 Å². The summed E-state index contributed by atoms with van der Waals surface area (Å²) in [5.74, 6) is 1.44. The first-order valence-electron chi connectivity index (χ1n) is 12.9. The molecule has 2 N–H and O–H groups in total. The summed E-state index contributed by atoms with van der Waals surface area (Å²) in [6.45, 7) is 0. The smallest absolute Gasteiger partial charge is 0.257 e. The lowest BCUT2D eigenvalue weighted by Crippen LogP contribution is -2.30. The highest BCUT2D eigenvalue weighted by Gasteiger charge is 2.31. The van der Waals surface area contributed by atoms with Crippen LogP contribution in [0.2, 0.25) is 0 Å². The molecule has 0 aromatic carbocycles. The van der Waals surface area contributed by atoms with Gasteiger partial charge in [0.25, 0.3) is 11.1 Å². The van der Waals surface area contributed by atoms with Crippen LogP contribution in [0, 0.1) is 0 Å². The maximum absolute atomic E-state index is 13.3. The molecule has 4 aromatic heterocycles. The number of hydrogen-bond acceptors (Lipinski definition) is 8. The van der Waals surface area contributed by atoms with E-state index >= 15 is 0 Å². The summed E-state index contributed by atoms with van der Waals surface area (Å²) in [6, 6.07) is 4.92. The molecule has 2 aliphatic carbocycles. The largest absolute Gasteiger partial charge is 0.463 e. The Morgan fingerprint density at radius 2 is 1.92 bits per heavy atom. The Bertz CT molecular complexity index is 1680. The number of rotatable bonds is 5. The lowest BCUT2D eigenvalue weighted by molar-refractivity contribution is -0.116. The summed E-state index contributed by atoms with van der Waals surface area (Å²) in [7, 11) is 0. The maximum atomic E-state index is 13.3. The Hall–Kier alpha value is -3.93. The van der Waals surface area contributed by atoms with E-state index in [0.29, 0.717) is 40.2 Å². The summed E-state index contributed by atoms with van der Waals surface area (Å²) in [6.07, 6.45) is 7.55. The van der Waals surface area contributed by atoms with E-state index in [1.54, 1.807) is 29.0 Å². The number of furan rings is 1. The van der Waals surface area contributed by atoms with Gasteiger partial charge in [-0.3, -0.25) is 23.9 Å². The number of aryl methyl sites for hydroxylation is 2. The third-order valence-corrected chi connectivity index (χ3v) is 8.52. The molecule has 11 nitrogen and oxygen atoms in total. The van der Waals surface area contributed by atoms with Crippen molar-refractivity contribution in [3.63, 3.8) is 0 Å². The van der Waals surface area contributed by atoms with E-state index in [2.05, 4.69) is 15.4 Å². The number of amides is 1. The second-order valence-electron chi connectivity index (χ2n) is 9.89. The molecule has 0 spiro atoms. The Balaban J connectivity index is 1.21. The van der Waals surface area contributed by atoms with Crippen LogP contribution in [0.4, 0.5) is 5.82 Å². The van der Waals surface area contributed by atoms with Crippen molar-refractivity contribution in [2.75, 3.05) is 11.1 Å². The number of fused-ring (bicyclic) bond motifs is 3. The van der Waals surface area contributed by atoms with E-state index in [4.69, 9.17) is 14.4 Å². The van der Waals surface area contributed by atoms with Gasteiger partial charge in [-0.15, -0.1) is 0 Å². The Morgan fingerprint density at radius 3 is 2.79 bits per heavy atom. The number of thioether (sulfide) groups is 1. The first-order chi connectivity index (χ1) is 18.5. The van der Waals surface area contributed by atoms with Crippen molar-refractivity contribution in [3.05, 3.63) is 67.7 Å². The number of anilines is 1. The van der Waals surface area contributed by atoms with Crippen LogP contribution >= 0.6 is 11.8 Å². The summed E-state index contributed by atoms with van der Waals surface area (Å²) in [4.78, 5) is 51.4. The van der Waals surface area contributed by atoms with Gasteiger partial charge in [0.2, 0.25) is 11.9 Å². The number of nitrogens with one attached hydrogen (secondary N) is 2. The van der Waals surface area contributed by atoms with Crippen LogP contribution in [0.1, 0.15) is 54.2 Å². The minimum Gasteiger partial charge on any atom is -0.463 e. The van der Waals surface area contributed by atoms with Gasteiger partial charge in [-0.25, -0.2) is 9.97 Å². The first-order valence-corrected chi connectivity index (χ1v) is 13.9. The molecule has 38 heavy (non-hydrogen) atoms. The fraction of sp³-hybridized carbons (Fsp3) is 0.385. The molecule has 3 aliphatic rings. The molecule has 1 atom stereocenters. The van der Waals surface area contributed by atoms with Gasteiger partial charge in [-0.2, -0.15) is 9.78 Å². The topological polar surface area (TPSA) is 141 Å². The van der Waals surface area contributed by atoms with Crippen molar-refractivity contribution < 1.29 is 9.21 Å². The van der Waals surface area contributed by atoms with Crippen molar-refractivity contribution >= 4 is 23.5 Å². The normalized spacial score (nSPS) is 17.7. The number of carbonyl (C=O) groups is 1. The van der Waals surface area contributed by atoms with Gasteiger partial charge in [-0.05, 0) is 57.1 Å². The number of aromatic nitrogens is 6. The number of aromatic amines is 1. The van der Waals surface area contributed by atoms with Crippen molar-refractivity contribution in [3.8, 4) is 17.4 Å². The predicted molar refractivity (Wildman–Crippen MR) is 140 cm³/mol. The van der Waals surface area contributed by atoms with E-state index in [0.717, 1.165) is 55.5 Å². The molecule has 12 heteroatoms. The zero-order valence-corrected chi connectivity index (χ0v) is 21.3. The monoisotopic (exact) mass is 531 g/mol. The molecule has 1 aliphatic heterocycles. The number of H-pyrrole nitrogens is 1. The van der Waals surface area contributed by atoms with Crippen LogP contribution in [0.15, 0.2) is 43.6 Å². The fourth-order valence-corrected chi connectivity index (χ4v) is 6.73. The average Bonchev–Trinajstić information content (AvgIpc) is 3.71. The lowest BCUT2D eigenvalue weighted by atomic mass is 9.97. The zero-order chi connectivity index (χ0) is 25.8. The van der Waals surface area contributed by atoms with Gasteiger partial charge in [0, 0.05) is 29.4 Å². The van der Waals surface area contributed by atoms with Gasteiger partial charge in [0.05, 0.1) is 23.7 Å². The SMILES string of the molecule is O=C(CC1CSc2nc3c(c(=O)n21)CCC3)Nc1cc(-c2ccco2)nn1-c1nc2c(c(=O)[nH]1)CCCC2. The molecule has 7 rings (SSSR count). The van der Waals surface area contributed by atoms with E-state index in [1.165, 1.54) is 16.4 Å². The second-order valence-corrected chi connectivity index (χ2v) is 10.9. The molecule has 1 amide bonds. The van der Waals surface area contributed by atoms with Crippen molar-refractivity contribution in [1.82, 2.24) is 29.3 Å². The van der Waals surface area contributed by atoms with Crippen LogP contribution in [0.5, 0.6) is 0 Å². The third-order valence-electron chi connectivity index (χ3n) is 7.42. The maximum Gasteiger partial charge on any atom is 0.257 e. The highest BCUT2D eigenvalue weighted by Crippen LogP contribution is 2.34. The standard InChI is InChI=1S/C26H25N7O4S/c34-22(11-14-13-38-26-28-18-8-3-6-16(18)24(36)32(14)26)29-21-12-19(20-9-4-10-37-20)31-33(21)25-27-17-7-2-1-5-15(17)23(35)30-25/h4,9-10,12,14H,1-3,5-8,11,13H2,(H,29,34)(H,27,30,35). The molecule has 0 fully saturated rings. The van der Waals surface area contributed by atoms with Crippen molar-refractivity contribution in [1.29, 1.82) is 0 Å². The van der Waals surface area contributed by atoms with E-state index in [1.807, 2.05) is 0 Å². The number of carbonyl (C=O) groups excluding carboxylic acids is 1. The van der Waals surface area contributed by atoms with Crippen LogP contribution in [0.25, 0.3) is 17.4 Å². The molecule has 194 valence electrons. The number of nitrogens with zero attached hydrogens (tertiary/aromatic N) is 5.